The van der Waals surface area contributed by atoms with E-state index in [2.05, 4.69) is 0 Å². The van der Waals surface area contributed by atoms with Crippen LogP contribution in [0.5, 0.6) is 5.75 Å². The highest BCUT2D eigenvalue weighted by Crippen LogP contribution is 2.24. The molecule has 0 spiro atoms. The van der Waals surface area contributed by atoms with Gasteiger partial charge in [-0.05, 0) is 60.9 Å². The Bertz CT molecular complexity index is 829. The second-order valence-corrected chi connectivity index (χ2v) is 5.35. The second-order valence-electron chi connectivity index (χ2n) is 5.35. The van der Waals surface area contributed by atoms with Crippen molar-refractivity contribution in [2.24, 2.45) is 0 Å². The van der Waals surface area contributed by atoms with Crippen molar-refractivity contribution >= 4 is 22.8 Å². The molecule has 1 heterocycles. The highest BCUT2D eigenvalue weighted by molar-refractivity contribution is 6.06. The quantitative estimate of drug-likeness (QED) is 0.564. The molecule has 3 heteroatoms. The predicted octanol–water partition coefficient (Wildman–Crippen LogP) is 4.65. The molecule has 0 atom stereocenters. The van der Waals surface area contributed by atoms with Gasteiger partial charge in [0.05, 0.1) is 0 Å². The highest BCUT2D eigenvalue weighted by Gasteiger charge is 2.09. The average Bonchev–Trinajstić information content (AvgIpc) is 2.94. The Hall–Kier alpha value is -2.81. The van der Waals surface area contributed by atoms with Gasteiger partial charge in [0, 0.05) is 5.39 Å². The number of phenols is 1. The number of fused-ring (bicyclic) bond motifs is 1. The van der Waals surface area contributed by atoms with Gasteiger partial charge in [-0.25, -0.2) is 0 Å². The molecule has 0 bridgehead atoms. The standard InChI is InChI=1S/C19H16O3/c1-12-9-14(10-13(2)19(12)21)7-8-16(20)18-11-15-5-3-4-6-17(15)22-18/h3-11,21H,1-2H3. The van der Waals surface area contributed by atoms with E-state index in [-0.39, 0.29) is 5.78 Å². The van der Waals surface area contributed by atoms with Crippen LogP contribution in [0, 0.1) is 13.8 Å². The lowest BCUT2D eigenvalue weighted by molar-refractivity contribution is 0.102. The Morgan fingerprint density at radius 3 is 2.45 bits per heavy atom. The van der Waals surface area contributed by atoms with Gasteiger partial charge < -0.3 is 9.52 Å². The van der Waals surface area contributed by atoms with E-state index in [0.29, 0.717) is 17.1 Å². The largest absolute Gasteiger partial charge is 0.507 e. The molecule has 22 heavy (non-hydrogen) atoms. The smallest absolute Gasteiger partial charge is 0.221 e. The summed E-state index contributed by atoms with van der Waals surface area (Å²) >= 11 is 0. The average molecular weight is 292 g/mol. The summed E-state index contributed by atoms with van der Waals surface area (Å²) in [7, 11) is 0. The van der Waals surface area contributed by atoms with Crippen LogP contribution in [-0.4, -0.2) is 10.9 Å². The number of allylic oxidation sites excluding steroid dienone is 1. The van der Waals surface area contributed by atoms with Crippen LogP contribution in [-0.2, 0) is 0 Å². The van der Waals surface area contributed by atoms with Gasteiger partial charge in [0.15, 0.2) is 5.76 Å². The lowest BCUT2D eigenvalue weighted by Gasteiger charge is -2.04. The van der Waals surface area contributed by atoms with Gasteiger partial charge in [-0.15, -0.1) is 0 Å². The third-order valence-corrected chi connectivity index (χ3v) is 3.61. The number of aromatic hydroxyl groups is 1. The fourth-order valence-electron chi connectivity index (χ4n) is 2.44. The minimum Gasteiger partial charge on any atom is -0.507 e. The molecule has 0 saturated heterocycles. The number of carbonyl (C=O) groups excluding carboxylic acids is 1. The molecule has 0 aliphatic rings. The Balaban J connectivity index is 1.87. The molecule has 3 aromatic rings. The Labute approximate surface area is 128 Å². The summed E-state index contributed by atoms with van der Waals surface area (Å²) in [5.41, 5.74) is 3.15. The molecule has 1 aromatic heterocycles. The van der Waals surface area contributed by atoms with Crippen LogP contribution in [0.25, 0.3) is 17.0 Å². The van der Waals surface area contributed by atoms with Crippen molar-refractivity contribution in [3.63, 3.8) is 0 Å². The van der Waals surface area contributed by atoms with Gasteiger partial charge in [0.1, 0.15) is 11.3 Å². The van der Waals surface area contributed by atoms with E-state index in [1.807, 2.05) is 50.2 Å². The predicted molar refractivity (Wildman–Crippen MR) is 87.2 cm³/mol. The molecule has 2 aromatic carbocycles. The lowest BCUT2D eigenvalue weighted by atomic mass is 10.0. The monoisotopic (exact) mass is 292 g/mol. The topological polar surface area (TPSA) is 50.4 Å². The SMILES string of the molecule is Cc1cc(C=CC(=O)c2cc3ccccc3o2)cc(C)c1O. The molecule has 0 aliphatic carbocycles. The first-order valence-electron chi connectivity index (χ1n) is 7.06. The van der Waals surface area contributed by atoms with Crippen LogP contribution in [0.15, 0.2) is 53.0 Å². The first-order valence-corrected chi connectivity index (χ1v) is 7.06. The number of hydrogen-bond donors (Lipinski definition) is 1. The Morgan fingerprint density at radius 2 is 1.77 bits per heavy atom. The third-order valence-electron chi connectivity index (χ3n) is 3.61. The molecule has 0 amide bonds. The summed E-state index contributed by atoms with van der Waals surface area (Å²) in [6.07, 6.45) is 3.22. The van der Waals surface area contributed by atoms with E-state index < -0.39 is 0 Å². The van der Waals surface area contributed by atoms with E-state index in [9.17, 15) is 9.90 Å². The third kappa shape index (κ3) is 2.66. The zero-order valence-corrected chi connectivity index (χ0v) is 12.5. The second kappa shape index (κ2) is 5.53. The maximum Gasteiger partial charge on any atom is 0.221 e. The van der Waals surface area contributed by atoms with Crippen LogP contribution in [0.1, 0.15) is 27.2 Å². The zero-order valence-electron chi connectivity index (χ0n) is 12.5. The molecule has 0 aliphatic heterocycles. The number of hydrogen-bond acceptors (Lipinski definition) is 3. The van der Waals surface area contributed by atoms with E-state index in [1.165, 1.54) is 6.08 Å². The molecule has 0 saturated carbocycles. The van der Waals surface area contributed by atoms with Gasteiger partial charge in [0.25, 0.3) is 0 Å². The van der Waals surface area contributed by atoms with Gasteiger partial charge in [-0.1, -0.05) is 24.3 Å². The molecule has 3 rings (SSSR count). The molecule has 3 nitrogen and oxygen atoms in total. The van der Waals surface area contributed by atoms with Crippen molar-refractivity contribution in [2.45, 2.75) is 13.8 Å². The Kier molecular flexibility index (Phi) is 3.55. The minimum absolute atomic E-state index is 0.181. The fourth-order valence-corrected chi connectivity index (χ4v) is 2.44. The number of ketones is 1. The summed E-state index contributed by atoms with van der Waals surface area (Å²) in [5.74, 6) is 0.435. The van der Waals surface area contributed by atoms with Crippen LogP contribution >= 0.6 is 0 Å². The minimum atomic E-state index is -0.181. The van der Waals surface area contributed by atoms with Gasteiger partial charge >= 0.3 is 0 Å². The summed E-state index contributed by atoms with van der Waals surface area (Å²) in [5, 5.41) is 10.7. The molecule has 0 radical (unpaired) electrons. The number of furan rings is 1. The van der Waals surface area contributed by atoms with Crippen molar-refractivity contribution in [1.29, 1.82) is 0 Å². The number of rotatable bonds is 3. The number of phenolic OH excluding ortho intramolecular Hbond substituents is 1. The van der Waals surface area contributed by atoms with E-state index in [0.717, 1.165) is 22.1 Å². The molecular weight excluding hydrogens is 276 g/mol. The Morgan fingerprint density at radius 1 is 1.09 bits per heavy atom. The van der Waals surface area contributed by atoms with Crippen LogP contribution in [0.3, 0.4) is 0 Å². The number of carbonyl (C=O) groups is 1. The summed E-state index contributed by atoms with van der Waals surface area (Å²) in [6, 6.07) is 12.9. The number of aryl methyl sites for hydroxylation is 2. The van der Waals surface area contributed by atoms with Crippen LogP contribution in [0.4, 0.5) is 0 Å². The van der Waals surface area contributed by atoms with Crippen molar-refractivity contribution in [1.82, 2.24) is 0 Å². The normalized spacial score (nSPS) is 11.4. The van der Waals surface area contributed by atoms with Crippen molar-refractivity contribution in [2.75, 3.05) is 0 Å². The summed E-state index contributed by atoms with van der Waals surface area (Å²) in [4.78, 5) is 12.2. The molecule has 1 N–H and O–H groups in total. The summed E-state index contributed by atoms with van der Waals surface area (Å²) < 4.78 is 5.54. The summed E-state index contributed by atoms with van der Waals surface area (Å²) in [6.45, 7) is 3.67. The van der Waals surface area contributed by atoms with Crippen LogP contribution in [0.2, 0.25) is 0 Å². The van der Waals surface area contributed by atoms with Crippen molar-refractivity contribution < 1.29 is 14.3 Å². The maximum absolute atomic E-state index is 12.2. The molecular formula is C19H16O3. The first-order chi connectivity index (χ1) is 10.5. The lowest BCUT2D eigenvalue weighted by Crippen LogP contribution is -1.91. The number of benzene rings is 2. The van der Waals surface area contributed by atoms with Gasteiger partial charge in [0.2, 0.25) is 5.78 Å². The fraction of sp³-hybridized carbons (Fsp3) is 0.105. The van der Waals surface area contributed by atoms with E-state index in [1.54, 1.807) is 12.1 Å². The van der Waals surface area contributed by atoms with E-state index in [4.69, 9.17) is 4.42 Å². The highest BCUT2D eigenvalue weighted by atomic mass is 16.3. The maximum atomic E-state index is 12.2. The molecule has 0 unspecified atom stereocenters. The van der Waals surface area contributed by atoms with Crippen molar-refractivity contribution in [3.05, 3.63) is 71.0 Å². The van der Waals surface area contributed by atoms with Crippen LogP contribution < -0.4 is 0 Å². The van der Waals surface area contributed by atoms with Gasteiger partial charge in [-0.2, -0.15) is 0 Å². The van der Waals surface area contributed by atoms with Gasteiger partial charge in [-0.3, -0.25) is 4.79 Å². The molecule has 0 fully saturated rings. The zero-order chi connectivity index (χ0) is 15.7. The number of para-hydroxylation sites is 1. The van der Waals surface area contributed by atoms with E-state index >= 15 is 0 Å². The first kappa shape index (κ1) is 14.1. The molecule has 110 valence electrons. The van der Waals surface area contributed by atoms with Crippen molar-refractivity contribution in [3.8, 4) is 5.75 Å².